The van der Waals surface area contributed by atoms with Crippen LogP contribution in [0.1, 0.15) is 21.7 Å². The third kappa shape index (κ3) is 4.29. The molecule has 2 heterocycles. The number of hydrogen-bond acceptors (Lipinski definition) is 5. The largest absolute Gasteiger partial charge is 0.454 e. The molecule has 2 amide bonds. The second-order valence-electron chi connectivity index (χ2n) is 7.56. The number of anilines is 2. The highest BCUT2D eigenvalue weighted by Gasteiger charge is 2.22. The Morgan fingerprint density at radius 1 is 0.909 bits per heavy atom. The number of amides is 2. The highest BCUT2D eigenvalue weighted by Crippen LogP contribution is 2.33. The number of aryl methyl sites for hydroxylation is 1. The van der Waals surface area contributed by atoms with Gasteiger partial charge in [0.05, 0.1) is 0 Å². The van der Waals surface area contributed by atoms with Gasteiger partial charge in [-0.05, 0) is 55.0 Å². The Balaban J connectivity index is 1.39. The lowest BCUT2D eigenvalue weighted by Gasteiger charge is -2.06. The number of fused-ring (bicyclic) bond motifs is 2. The van der Waals surface area contributed by atoms with Gasteiger partial charge in [0.2, 0.25) is 18.5 Å². The van der Waals surface area contributed by atoms with Gasteiger partial charge in [0.1, 0.15) is 11.3 Å². The fourth-order valence-electron chi connectivity index (χ4n) is 3.51. The van der Waals surface area contributed by atoms with Crippen LogP contribution in [0.4, 0.5) is 11.4 Å². The maximum absolute atomic E-state index is 13.0. The fourth-order valence-corrected chi connectivity index (χ4v) is 3.51. The number of nitrogens with one attached hydrogen (secondary N) is 2. The Hall–Kier alpha value is -4.52. The van der Waals surface area contributed by atoms with Gasteiger partial charge in [-0.25, -0.2) is 0 Å². The first-order valence-electron chi connectivity index (χ1n) is 10.3. The van der Waals surface area contributed by atoms with Crippen molar-refractivity contribution in [3.05, 3.63) is 89.7 Å². The van der Waals surface area contributed by atoms with Crippen LogP contribution < -0.4 is 20.1 Å². The average Bonchev–Trinajstić information content (AvgIpc) is 3.44. The van der Waals surface area contributed by atoms with Crippen LogP contribution in [0.15, 0.2) is 77.2 Å². The molecule has 2 N–H and O–H groups in total. The molecule has 0 atom stereocenters. The SMILES string of the molecule is Cc1ccc(NC(=O)c2oc3ccccc3c2NC(=O)/C=C\c2ccc3c(c2)OCO3)cc1. The standard InChI is InChI=1S/C26H20N2O5/c1-16-6-10-18(11-7-16)27-26(30)25-24(19-4-2-3-5-20(19)33-25)28-23(29)13-9-17-8-12-21-22(14-17)32-15-31-21/h2-14H,15H2,1H3,(H,27,30)(H,28,29)/b13-9-. The second-order valence-corrected chi connectivity index (χ2v) is 7.56. The maximum Gasteiger partial charge on any atom is 0.293 e. The van der Waals surface area contributed by atoms with Crippen LogP contribution in [0.2, 0.25) is 0 Å². The lowest BCUT2D eigenvalue weighted by Crippen LogP contribution is -2.15. The lowest BCUT2D eigenvalue weighted by atomic mass is 10.2. The van der Waals surface area contributed by atoms with Gasteiger partial charge in [-0.15, -0.1) is 0 Å². The zero-order valence-electron chi connectivity index (χ0n) is 17.8. The van der Waals surface area contributed by atoms with Crippen molar-refractivity contribution in [2.24, 2.45) is 0 Å². The Morgan fingerprint density at radius 2 is 1.70 bits per heavy atom. The number of furan rings is 1. The zero-order valence-corrected chi connectivity index (χ0v) is 17.8. The molecule has 0 unspecified atom stereocenters. The van der Waals surface area contributed by atoms with Crippen molar-refractivity contribution in [3.63, 3.8) is 0 Å². The number of carbonyl (C=O) groups is 2. The Kier molecular flexibility index (Phi) is 5.28. The Labute approximate surface area is 189 Å². The Bertz CT molecular complexity index is 1390. The van der Waals surface area contributed by atoms with Crippen molar-refractivity contribution in [3.8, 4) is 11.5 Å². The third-order valence-corrected chi connectivity index (χ3v) is 5.18. The molecular weight excluding hydrogens is 420 g/mol. The van der Waals surface area contributed by atoms with Crippen LogP contribution in [-0.2, 0) is 4.79 Å². The predicted octanol–water partition coefficient (Wildman–Crippen LogP) is 5.37. The van der Waals surface area contributed by atoms with Crippen molar-refractivity contribution in [2.75, 3.05) is 17.4 Å². The molecule has 1 aromatic heterocycles. The first-order chi connectivity index (χ1) is 16.1. The number of hydrogen-bond donors (Lipinski definition) is 2. The van der Waals surface area contributed by atoms with Crippen LogP contribution in [0.5, 0.6) is 11.5 Å². The molecule has 33 heavy (non-hydrogen) atoms. The Morgan fingerprint density at radius 3 is 2.55 bits per heavy atom. The smallest absolute Gasteiger partial charge is 0.293 e. The molecule has 1 aliphatic heterocycles. The maximum atomic E-state index is 13.0. The van der Waals surface area contributed by atoms with E-state index >= 15 is 0 Å². The topological polar surface area (TPSA) is 89.8 Å². The first kappa shape index (κ1) is 20.4. The van der Waals surface area contributed by atoms with Crippen molar-refractivity contribution in [1.29, 1.82) is 0 Å². The van der Waals surface area contributed by atoms with E-state index in [2.05, 4.69) is 10.6 Å². The molecule has 0 radical (unpaired) electrons. The van der Waals surface area contributed by atoms with Gasteiger partial charge in [0.25, 0.3) is 5.91 Å². The minimum atomic E-state index is -0.454. The van der Waals surface area contributed by atoms with E-state index in [1.165, 1.54) is 6.08 Å². The van der Waals surface area contributed by atoms with Crippen LogP contribution in [-0.4, -0.2) is 18.6 Å². The molecule has 164 valence electrons. The van der Waals surface area contributed by atoms with E-state index in [0.717, 1.165) is 11.1 Å². The number of benzene rings is 3. The molecule has 3 aromatic carbocycles. The number of carbonyl (C=O) groups excluding carboxylic acids is 2. The molecule has 4 aromatic rings. The van der Waals surface area contributed by atoms with E-state index < -0.39 is 11.8 Å². The van der Waals surface area contributed by atoms with Crippen molar-refractivity contribution in [1.82, 2.24) is 0 Å². The average molecular weight is 440 g/mol. The van der Waals surface area contributed by atoms with Crippen molar-refractivity contribution in [2.45, 2.75) is 6.92 Å². The molecule has 7 nitrogen and oxygen atoms in total. The molecule has 1 aliphatic rings. The normalized spacial score (nSPS) is 12.3. The highest BCUT2D eigenvalue weighted by atomic mass is 16.7. The predicted molar refractivity (Wildman–Crippen MR) is 126 cm³/mol. The van der Waals surface area contributed by atoms with E-state index in [9.17, 15) is 9.59 Å². The molecule has 0 saturated heterocycles. The summed E-state index contributed by atoms with van der Waals surface area (Å²) in [6.45, 7) is 2.15. The van der Waals surface area contributed by atoms with E-state index in [1.54, 1.807) is 36.4 Å². The summed E-state index contributed by atoms with van der Waals surface area (Å²) in [5, 5.41) is 6.25. The number of rotatable bonds is 5. The van der Waals surface area contributed by atoms with Gasteiger partial charge in [-0.3, -0.25) is 9.59 Å². The molecule has 7 heteroatoms. The van der Waals surface area contributed by atoms with Gasteiger partial charge in [0, 0.05) is 17.1 Å². The van der Waals surface area contributed by atoms with Crippen LogP contribution in [0.25, 0.3) is 17.0 Å². The summed E-state index contributed by atoms with van der Waals surface area (Å²) >= 11 is 0. The summed E-state index contributed by atoms with van der Waals surface area (Å²) in [5.74, 6) is 0.481. The quantitative estimate of drug-likeness (QED) is 0.407. The van der Waals surface area contributed by atoms with Crippen molar-refractivity contribution < 1.29 is 23.5 Å². The van der Waals surface area contributed by atoms with Gasteiger partial charge >= 0.3 is 0 Å². The second kappa shape index (κ2) is 8.55. The molecule has 0 bridgehead atoms. The summed E-state index contributed by atoms with van der Waals surface area (Å²) in [6, 6.07) is 20.0. The summed E-state index contributed by atoms with van der Waals surface area (Å²) in [6.07, 6.45) is 3.05. The van der Waals surface area contributed by atoms with E-state index in [4.69, 9.17) is 13.9 Å². The van der Waals surface area contributed by atoms with Gasteiger partial charge < -0.3 is 24.5 Å². The molecule has 0 spiro atoms. The highest BCUT2D eigenvalue weighted by molar-refractivity contribution is 6.16. The van der Waals surface area contributed by atoms with Crippen LogP contribution in [0.3, 0.4) is 0 Å². The molecule has 0 saturated carbocycles. The van der Waals surface area contributed by atoms with Gasteiger partial charge in [0.15, 0.2) is 11.5 Å². The minimum Gasteiger partial charge on any atom is -0.454 e. The summed E-state index contributed by atoms with van der Waals surface area (Å²) in [7, 11) is 0. The molecule has 5 rings (SSSR count). The fraction of sp³-hybridized carbons (Fsp3) is 0.0769. The molecule has 0 aliphatic carbocycles. The van der Waals surface area contributed by atoms with E-state index in [0.29, 0.717) is 33.8 Å². The number of para-hydroxylation sites is 1. The summed E-state index contributed by atoms with van der Waals surface area (Å²) < 4.78 is 16.5. The lowest BCUT2D eigenvalue weighted by molar-refractivity contribution is -0.111. The molecular formula is C26H20N2O5. The van der Waals surface area contributed by atoms with Gasteiger partial charge in [-0.1, -0.05) is 35.9 Å². The van der Waals surface area contributed by atoms with E-state index in [-0.39, 0.29) is 12.6 Å². The first-order valence-corrected chi connectivity index (χ1v) is 10.3. The summed E-state index contributed by atoms with van der Waals surface area (Å²) in [5.41, 5.74) is 3.31. The third-order valence-electron chi connectivity index (χ3n) is 5.18. The van der Waals surface area contributed by atoms with Crippen molar-refractivity contribution >= 4 is 40.2 Å². The summed E-state index contributed by atoms with van der Waals surface area (Å²) in [4.78, 5) is 25.7. The van der Waals surface area contributed by atoms with Crippen LogP contribution in [0, 0.1) is 6.92 Å². The van der Waals surface area contributed by atoms with Crippen LogP contribution >= 0.6 is 0 Å². The number of ether oxygens (including phenoxy) is 2. The molecule has 0 fully saturated rings. The monoisotopic (exact) mass is 440 g/mol. The zero-order chi connectivity index (χ0) is 22.8. The minimum absolute atomic E-state index is 0.0293. The van der Waals surface area contributed by atoms with E-state index in [1.807, 2.05) is 43.3 Å². The van der Waals surface area contributed by atoms with Gasteiger partial charge in [-0.2, -0.15) is 0 Å².